The normalized spacial score (nSPS) is 15.6. The van der Waals surface area contributed by atoms with Crippen LogP contribution < -0.4 is 10.2 Å². The van der Waals surface area contributed by atoms with Gasteiger partial charge < -0.3 is 5.32 Å². The molecule has 1 fully saturated rings. The lowest BCUT2D eigenvalue weighted by atomic mass is 10.1. The molecule has 1 saturated heterocycles. The summed E-state index contributed by atoms with van der Waals surface area (Å²) < 4.78 is 0.929. The smallest absolute Gasteiger partial charge is 0.322 e. The summed E-state index contributed by atoms with van der Waals surface area (Å²) in [5, 5.41) is 2.82. The minimum atomic E-state index is 0.0185. The molecule has 2 rings (SSSR count). The molecular weight excluding hydrogens is 303 g/mol. The standard InChI is InChI=1S/C11H13IN2O/c1-8-2-3-10(9(6-8)7-12)14-5-4-13-11(14)15/h2-3,6H,4-5,7H2,1H3,(H,13,15). The Kier molecular flexibility index (Phi) is 3.14. The molecule has 1 aliphatic heterocycles. The van der Waals surface area contributed by atoms with Gasteiger partial charge in [0.15, 0.2) is 0 Å². The van der Waals surface area contributed by atoms with Gasteiger partial charge in [0.1, 0.15) is 0 Å². The van der Waals surface area contributed by atoms with Gasteiger partial charge >= 0.3 is 6.03 Å². The molecule has 1 heterocycles. The van der Waals surface area contributed by atoms with Gasteiger partial charge in [-0.3, -0.25) is 4.90 Å². The van der Waals surface area contributed by atoms with Crippen LogP contribution >= 0.6 is 22.6 Å². The van der Waals surface area contributed by atoms with Gasteiger partial charge in [-0.2, -0.15) is 0 Å². The van der Waals surface area contributed by atoms with Crippen LogP contribution in [0.3, 0.4) is 0 Å². The number of aryl methyl sites for hydroxylation is 1. The number of benzene rings is 1. The van der Waals surface area contributed by atoms with E-state index < -0.39 is 0 Å². The van der Waals surface area contributed by atoms with Crippen molar-refractivity contribution in [3.8, 4) is 0 Å². The number of carbonyl (C=O) groups excluding carboxylic acids is 1. The summed E-state index contributed by atoms with van der Waals surface area (Å²) in [5.41, 5.74) is 3.52. The fourth-order valence-corrected chi connectivity index (χ4v) is 2.40. The summed E-state index contributed by atoms with van der Waals surface area (Å²) in [6.45, 7) is 3.59. The van der Waals surface area contributed by atoms with Crippen molar-refractivity contribution in [1.82, 2.24) is 5.32 Å². The molecule has 1 aromatic carbocycles. The zero-order valence-corrected chi connectivity index (χ0v) is 10.7. The summed E-state index contributed by atoms with van der Waals surface area (Å²) in [5.74, 6) is 0. The van der Waals surface area contributed by atoms with E-state index in [1.165, 1.54) is 11.1 Å². The van der Waals surface area contributed by atoms with Crippen molar-refractivity contribution in [2.45, 2.75) is 11.4 Å². The molecule has 1 aliphatic rings. The molecule has 0 unspecified atom stereocenters. The van der Waals surface area contributed by atoms with Crippen LogP contribution in [-0.4, -0.2) is 19.1 Å². The Hall–Kier alpha value is -0.780. The summed E-state index contributed by atoms with van der Waals surface area (Å²) in [4.78, 5) is 13.4. The van der Waals surface area contributed by atoms with Crippen molar-refractivity contribution < 1.29 is 4.79 Å². The SMILES string of the molecule is Cc1ccc(N2CCNC2=O)c(CI)c1. The number of carbonyl (C=O) groups is 1. The van der Waals surface area contributed by atoms with Crippen molar-refractivity contribution in [2.24, 2.45) is 0 Å². The lowest BCUT2D eigenvalue weighted by molar-refractivity contribution is 0.252. The van der Waals surface area contributed by atoms with E-state index in [4.69, 9.17) is 0 Å². The van der Waals surface area contributed by atoms with Gasteiger partial charge in [0.05, 0.1) is 0 Å². The van der Waals surface area contributed by atoms with Crippen LogP contribution in [0.1, 0.15) is 11.1 Å². The van der Waals surface area contributed by atoms with E-state index in [0.717, 1.165) is 23.2 Å². The maximum Gasteiger partial charge on any atom is 0.322 e. The minimum Gasteiger partial charge on any atom is -0.336 e. The van der Waals surface area contributed by atoms with Gasteiger partial charge in [-0.05, 0) is 18.6 Å². The number of alkyl halides is 1. The maximum absolute atomic E-state index is 11.5. The second kappa shape index (κ2) is 4.38. The number of hydrogen-bond donors (Lipinski definition) is 1. The molecular formula is C11H13IN2O. The van der Waals surface area contributed by atoms with Crippen LogP contribution in [0.2, 0.25) is 0 Å². The second-order valence-electron chi connectivity index (χ2n) is 3.65. The van der Waals surface area contributed by atoms with Gasteiger partial charge in [-0.15, -0.1) is 0 Å². The zero-order chi connectivity index (χ0) is 10.8. The number of nitrogens with zero attached hydrogens (tertiary/aromatic N) is 1. The molecule has 1 aromatic rings. The first-order valence-corrected chi connectivity index (χ1v) is 6.46. The van der Waals surface area contributed by atoms with Crippen molar-refractivity contribution in [3.05, 3.63) is 29.3 Å². The third-order valence-corrected chi connectivity index (χ3v) is 3.35. The molecule has 0 radical (unpaired) electrons. The average Bonchev–Trinajstić information content (AvgIpc) is 2.64. The molecule has 0 bridgehead atoms. The van der Waals surface area contributed by atoms with Crippen LogP contribution in [0.4, 0.5) is 10.5 Å². The minimum absolute atomic E-state index is 0.0185. The molecule has 0 aliphatic carbocycles. The number of anilines is 1. The van der Waals surface area contributed by atoms with Gasteiger partial charge in [0.25, 0.3) is 0 Å². The van der Waals surface area contributed by atoms with Crippen LogP contribution in [0.5, 0.6) is 0 Å². The highest BCUT2D eigenvalue weighted by atomic mass is 127. The molecule has 0 atom stereocenters. The molecule has 2 amide bonds. The summed E-state index contributed by atoms with van der Waals surface area (Å²) in [6, 6.07) is 6.25. The molecule has 1 N–H and O–H groups in total. The topological polar surface area (TPSA) is 32.3 Å². The summed E-state index contributed by atoms with van der Waals surface area (Å²) in [7, 11) is 0. The maximum atomic E-state index is 11.5. The fraction of sp³-hybridized carbons (Fsp3) is 0.364. The molecule has 0 spiro atoms. The van der Waals surface area contributed by atoms with Gasteiger partial charge in [0.2, 0.25) is 0 Å². The van der Waals surface area contributed by atoms with Crippen molar-refractivity contribution in [2.75, 3.05) is 18.0 Å². The second-order valence-corrected chi connectivity index (χ2v) is 4.41. The molecule has 80 valence electrons. The van der Waals surface area contributed by atoms with E-state index in [-0.39, 0.29) is 6.03 Å². The van der Waals surface area contributed by atoms with Gasteiger partial charge in [0, 0.05) is 23.2 Å². The first kappa shape index (κ1) is 10.7. The van der Waals surface area contributed by atoms with E-state index in [9.17, 15) is 4.79 Å². The first-order chi connectivity index (χ1) is 7.22. The molecule has 4 heteroatoms. The van der Waals surface area contributed by atoms with E-state index in [1.807, 2.05) is 11.0 Å². The van der Waals surface area contributed by atoms with Crippen LogP contribution in [0.15, 0.2) is 18.2 Å². The number of hydrogen-bond acceptors (Lipinski definition) is 1. The molecule has 3 nitrogen and oxygen atoms in total. The highest BCUT2D eigenvalue weighted by Gasteiger charge is 2.22. The van der Waals surface area contributed by atoms with E-state index in [2.05, 4.69) is 47.0 Å². The highest BCUT2D eigenvalue weighted by molar-refractivity contribution is 14.1. The predicted molar refractivity (Wildman–Crippen MR) is 69.6 cm³/mol. The summed E-state index contributed by atoms with van der Waals surface area (Å²) >= 11 is 2.33. The number of nitrogens with one attached hydrogen (secondary N) is 1. The van der Waals surface area contributed by atoms with Crippen LogP contribution in [0, 0.1) is 6.92 Å². The number of rotatable bonds is 2. The predicted octanol–water partition coefficient (Wildman–Crippen LogP) is 2.46. The van der Waals surface area contributed by atoms with Crippen LogP contribution in [-0.2, 0) is 4.43 Å². The van der Waals surface area contributed by atoms with Crippen molar-refractivity contribution >= 4 is 34.3 Å². The number of amides is 2. The van der Waals surface area contributed by atoms with Crippen molar-refractivity contribution in [1.29, 1.82) is 0 Å². The Bertz CT molecular complexity index is 392. The quantitative estimate of drug-likeness (QED) is 0.660. The van der Waals surface area contributed by atoms with E-state index in [1.54, 1.807) is 0 Å². The van der Waals surface area contributed by atoms with E-state index >= 15 is 0 Å². The Morgan fingerprint density at radius 1 is 1.53 bits per heavy atom. The van der Waals surface area contributed by atoms with E-state index in [0.29, 0.717) is 0 Å². The number of halogens is 1. The third kappa shape index (κ3) is 2.09. The molecule has 0 aromatic heterocycles. The lowest BCUT2D eigenvalue weighted by Gasteiger charge is -2.18. The van der Waals surface area contributed by atoms with Crippen LogP contribution in [0.25, 0.3) is 0 Å². The average molecular weight is 316 g/mol. The monoisotopic (exact) mass is 316 g/mol. The lowest BCUT2D eigenvalue weighted by Crippen LogP contribution is -2.28. The Labute approximate surface area is 103 Å². The molecule has 15 heavy (non-hydrogen) atoms. The van der Waals surface area contributed by atoms with Crippen molar-refractivity contribution in [3.63, 3.8) is 0 Å². The Morgan fingerprint density at radius 2 is 2.33 bits per heavy atom. The van der Waals surface area contributed by atoms with Gasteiger partial charge in [-0.25, -0.2) is 4.79 Å². The fourth-order valence-electron chi connectivity index (χ4n) is 1.79. The Morgan fingerprint density at radius 3 is 2.93 bits per heavy atom. The zero-order valence-electron chi connectivity index (χ0n) is 8.59. The largest absolute Gasteiger partial charge is 0.336 e. The van der Waals surface area contributed by atoms with Gasteiger partial charge in [-0.1, -0.05) is 40.3 Å². The summed E-state index contributed by atoms with van der Waals surface area (Å²) in [6.07, 6.45) is 0. The third-order valence-electron chi connectivity index (χ3n) is 2.53. The number of urea groups is 1. The highest BCUT2D eigenvalue weighted by Crippen LogP contribution is 2.25. The first-order valence-electron chi connectivity index (χ1n) is 4.93. The molecule has 0 saturated carbocycles. The Balaban J connectivity index is 2.38.